The minimum Gasteiger partial charge on any atom is -0.322 e. The monoisotopic (exact) mass is 457 g/mol. The van der Waals surface area contributed by atoms with Crippen molar-refractivity contribution in [2.75, 3.05) is 29.4 Å². The molecule has 1 amide bonds. The minimum atomic E-state index is -3.52. The van der Waals surface area contributed by atoms with E-state index in [9.17, 15) is 21.6 Å². The first kappa shape index (κ1) is 21.6. The number of benzene rings is 2. The molecule has 1 fully saturated rings. The Labute approximate surface area is 175 Å². The second-order valence-electron chi connectivity index (χ2n) is 6.66. The van der Waals surface area contributed by atoms with Crippen LogP contribution in [-0.2, 0) is 20.0 Å². The van der Waals surface area contributed by atoms with Crippen LogP contribution in [-0.4, -0.2) is 46.4 Å². The molecule has 156 valence electrons. The highest BCUT2D eigenvalue weighted by Gasteiger charge is 2.27. The van der Waals surface area contributed by atoms with Crippen LogP contribution in [0.1, 0.15) is 23.2 Å². The molecule has 0 radical (unpaired) electrons. The lowest BCUT2D eigenvalue weighted by Gasteiger charge is -2.15. The SMILES string of the molecule is CS(=O)(=O)Nc1ccc(C(=O)Nc2ccc(S(=O)(=O)N3CCCC3)cc2)c(Cl)c1. The summed E-state index contributed by atoms with van der Waals surface area (Å²) >= 11 is 6.10. The summed E-state index contributed by atoms with van der Waals surface area (Å²) in [5.74, 6) is -0.504. The Morgan fingerprint density at radius 3 is 2.10 bits per heavy atom. The van der Waals surface area contributed by atoms with Gasteiger partial charge in [0.2, 0.25) is 20.0 Å². The first-order chi connectivity index (χ1) is 13.6. The number of rotatable bonds is 6. The van der Waals surface area contributed by atoms with E-state index in [0.29, 0.717) is 18.8 Å². The Balaban J connectivity index is 1.72. The fraction of sp³-hybridized carbons (Fsp3) is 0.278. The van der Waals surface area contributed by atoms with Gasteiger partial charge in [0.15, 0.2) is 0 Å². The lowest BCUT2D eigenvalue weighted by atomic mass is 10.2. The van der Waals surface area contributed by atoms with Gasteiger partial charge >= 0.3 is 0 Å². The summed E-state index contributed by atoms with van der Waals surface area (Å²) in [5.41, 5.74) is 0.801. The zero-order chi connectivity index (χ0) is 21.2. The molecule has 2 aromatic carbocycles. The third-order valence-corrected chi connectivity index (χ3v) is 7.16. The molecule has 0 atom stereocenters. The molecule has 0 unspecified atom stereocenters. The van der Waals surface area contributed by atoms with E-state index in [1.807, 2.05) is 0 Å². The van der Waals surface area contributed by atoms with E-state index in [1.165, 1.54) is 46.8 Å². The quantitative estimate of drug-likeness (QED) is 0.692. The summed E-state index contributed by atoms with van der Waals surface area (Å²) in [6, 6.07) is 10.1. The Hall–Kier alpha value is -2.14. The van der Waals surface area contributed by atoms with Crippen molar-refractivity contribution in [3.63, 3.8) is 0 Å². The van der Waals surface area contributed by atoms with Crippen LogP contribution in [0.2, 0.25) is 5.02 Å². The van der Waals surface area contributed by atoms with Gasteiger partial charge in [0.25, 0.3) is 5.91 Å². The summed E-state index contributed by atoms with van der Waals surface area (Å²) in [4.78, 5) is 12.6. The van der Waals surface area contributed by atoms with Crippen molar-refractivity contribution in [2.24, 2.45) is 0 Å². The largest absolute Gasteiger partial charge is 0.322 e. The maximum absolute atomic E-state index is 12.5. The number of hydrogen-bond donors (Lipinski definition) is 2. The van der Waals surface area contributed by atoms with Crippen molar-refractivity contribution < 1.29 is 21.6 Å². The number of carbonyl (C=O) groups is 1. The molecule has 0 aromatic heterocycles. The van der Waals surface area contributed by atoms with Crippen molar-refractivity contribution >= 4 is 48.9 Å². The molecule has 29 heavy (non-hydrogen) atoms. The van der Waals surface area contributed by atoms with Crippen LogP contribution in [0.4, 0.5) is 11.4 Å². The highest BCUT2D eigenvalue weighted by atomic mass is 35.5. The molecule has 1 aliphatic rings. The smallest absolute Gasteiger partial charge is 0.257 e. The van der Waals surface area contributed by atoms with Crippen molar-refractivity contribution in [3.05, 3.63) is 53.1 Å². The van der Waals surface area contributed by atoms with Crippen molar-refractivity contribution in [1.82, 2.24) is 4.31 Å². The normalized spacial score (nSPS) is 15.2. The second-order valence-corrected chi connectivity index (χ2v) is 10.8. The maximum Gasteiger partial charge on any atom is 0.257 e. The molecule has 2 aromatic rings. The van der Waals surface area contributed by atoms with Gasteiger partial charge in [-0.1, -0.05) is 11.6 Å². The number of carbonyl (C=O) groups excluding carboxylic acids is 1. The number of nitrogens with one attached hydrogen (secondary N) is 2. The van der Waals surface area contributed by atoms with Gasteiger partial charge in [-0.3, -0.25) is 9.52 Å². The van der Waals surface area contributed by atoms with Crippen LogP contribution in [0.25, 0.3) is 0 Å². The Kier molecular flexibility index (Phi) is 6.18. The van der Waals surface area contributed by atoms with Gasteiger partial charge in [0.1, 0.15) is 0 Å². The molecular weight excluding hydrogens is 438 g/mol. The predicted molar refractivity (Wildman–Crippen MR) is 112 cm³/mol. The first-order valence-corrected chi connectivity index (χ1v) is 12.5. The lowest BCUT2D eigenvalue weighted by molar-refractivity contribution is 0.102. The Morgan fingerprint density at radius 1 is 0.966 bits per heavy atom. The van der Waals surface area contributed by atoms with E-state index in [-0.39, 0.29) is 21.2 Å². The fourth-order valence-corrected chi connectivity index (χ4v) is 5.30. The molecule has 3 rings (SSSR count). The third kappa shape index (κ3) is 5.27. The molecule has 0 spiro atoms. The molecule has 0 aliphatic carbocycles. The van der Waals surface area contributed by atoms with Crippen LogP contribution >= 0.6 is 11.6 Å². The van der Waals surface area contributed by atoms with Crippen LogP contribution in [0.3, 0.4) is 0 Å². The first-order valence-electron chi connectivity index (χ1n) is 8.75. The van der Waals surface area contributed by atoms with Gasteiger partial charge in [-0.2, -0.15) is 4.31 Å². The van der Waals surface area contributed by atoms with Gasteiger partial charge in [-0.15, -0.1) is 0 Å². The topological polar surface area (TPSA) is 113 Å². The van der Waals surface area contributed by atoms with Crippen molar-refractivity contribution in [2.45, 2.75) is 17.7 Å². The average molecular weight is 458 g/mol. The van der Waals surface area contributed by atoms with Gasteiger partial charge in [-0.05, 0) is 55.3 Å². The number of amides is 1. The summed E-state index contributed by atoms with van der Waals surface area (Å²) in [7, 11) is -6.98. The summed E-state index contributed by atoms with van der Waals surface area (Å²) in [5, 5.41) is 2.72. The second kappa shape index (κ2) is 8.31. The standard InChI is InChI=1S/C18H20ClN3O5S2/c1-28(24,25)21-14-6-9-16(17(19)12-14)18(23)20-13-4-7-15(8-5-13)29(26,27)22-10-2-3-11-22/h4-9,12,21H,2-3,10-11H2,1H3,(H,20,23). The van der Waals surface area contributed by atoms with E-state index in [2.05, 4.69) is 10.0 Å². The lowest BCUT2D eigenvalue weighted by Crippen LogP contribution is -2.27. The van der Waals surface area contributed by atoms with Crippen LogP contribution in [0.5, 0.6) is 0 Å². The third-order valence-electron chi connectivity index (χ3n) is 4.33. The number of anilines is 2. The van der Waals surface area contributed by atoms with Crippen LogP contribution < -0.4 is 10.0 Å². The maximum atomic E-state index is 12.5. The highest BCUT2D eigenvalue weighted by molar-refractivity contribution is 7.92. The zero-order valence-corrected chi connectivity index (χ0v) is 17.9. The number of hydrogen-bond acceptors (Lipinski definition) is 5. The van der Waals surface area contributed by atoms with E-state index in [0.717, 1.165) is 19.1 Å². The van der Waals surface area contributed by atoms with Gasteiger partial charge in [0, 0.05) is 24.5 Å². The van der Waals surface area contributed by atoms with E-state index in [1.54, 1.807) is 0 Å². The fourth-order valence-electron chi connectivity index (χ4n) is 2.96. The molecule has 8 nitrogen and oxygen atoms in total. The number of sulfonamides is 2. The van der Waals surface area contributed by atoms with Crippen LogP contribution in [0.15, 0.2) is 47.4 Å². The number of halogens is 1. The summed E-state index contributed by atoms with van der Waals surface area (Å²) in [6.45, 7) is 1.03. The molecule has 11 heteroatoms. The molecule has 0 saturated carbocycles. The summed E-state index contributed by atoms with van der Waals surface area (Å²) < 4.78 is 51.4. The molecular formula is C18H20ClN3O5S2. The Bertz CT molecular complexity index is 1130. The zero-order valence-electron chi connectivity index (χ0n) is 15.6. The highest BCUT2D eigenvalue weighted by Crippen LogP contribution is 2.25. The van der Waals surface area contributed by atoms with Gasteiger partial charge in [-0.25, -0.2) is 16.8 Å². The molecule has 0 bridgehead atoms. The van der Waals surface area contributed by atoms with Gasteiger partial charge < -0.3 is 5.32 Å². The van der Waals surface area contributed by atoms with E-state index >= 15 is 0 Å². The van der Waals surface area contributed by atoms with Crippen LogP contribution in [0, 0.1) is 0 Å². The van der Waals surface area contributed by atoms with E-state index in [4.69, 9.17) is 11.6 Å². The minimum absolute atomic E-state index is 0.0735. The average Bonchev–Trinajstić information content (AvgIpc) is 3.16. The molecule has 1 heterocycles. The van der Waals surface area contributed by atoms with Crippen molar-refractivity contribution in [3.8, 4) is 0 Å². The predicted octanol–water partition coefficient (Wildman–Crippen LogP) is 2.75. The molecule has 1 aliphatic heterocycles. The molecule has 2 N–H and O–H groups in total. The van der Waals surface area contributed by atoms with Gasteiger partial charge in [0.05, 0.1) is 21.7 Å². The van der Waals surface area contributed by atoms with Crippen molar-refractivity contribution in [1.29, 1.82) is 0 Å². The number of nitrogens with zero attached hydrogens (tertiary/aromatic N) is 1. The molecule has 1 saturated heterocycles. The Morgan fingerprint density at radius 2 is 1.55 bits per heavy atom. The van der Waals surface area contributed by atoms with E-state index < -0.39 is 26.0 Å². The summed E-state index contributed by atoms with van der Waals surface area (Å²) in [6.07, 6.45) is 2.72.